The van der Waals surface area contributed by atoms with Crippen LogP contribution >= 0.6 is 0 Å². The van der Waals surface area contributed by atoms with E-state index in [4.69, 9.17) is 14.6 Å². The van der Waals surface area contributed by atoms with Crippen molar-refractivity contribution in [2.75, 3.05) is 6.61 Å². The van der Waals surface area contributed by atoms with Crippen LogP contribution in [0.15, 0.2) is 24.3 Å². The van der Waals surface area contributed by atoms with Crippen LogP contribution in [0.2, 0.25) is 0 Å². The number of aliphatic hydroxyl groups excluding tert-OH is 4. The van der Waals surface area contributed by atoms with Crippen molar-refractivity contribution in [1.82, 2.24) is 0 Å². The van der Waals surface area contributed by atoms with Crippen LogP contribution in [-0.2, 0) is 4.74 Å². The van der Waals surface area contributed by atoms with Gasteiger partial charge >= 0.3 is 0 Å². The molecule has 0 unspecified atom stereocenters. The lowest BCUT2D eigenvalue weighted by Gasteiger charge is -2.39. The lowest BCUT2D eigenvalue weighted by atomic mass is 9.99. The maximum atomic E-state index is 10.5. The van der Waals surface area contributed by atoms with Gasteiger partial charge in [-0.25, -0.2) is 0 Å². The SMILES string of the molecule is O=Cc1ccc(O[C@@H]2O[C@@H](CO)[C@@H](O)[C@@H](O)[C@H]2O)cc1. The standard InChI is InChI=1S/C13H16O7/c14-5-7-1-3-8(4-2-7)19-13-12(18)11(17)10(16)9(6-15)20-13/h1-5,9-13,15-18H,6H2/t9-,10+,11+,12+,13+/m0/s1. The Bertz CT molecular complexity index is 445. The van der Waals surface area contributed by atoms with Crippen LogP contribution in [0.4, 0.5) is 0 Å². The van der Waals surface area contributed by atoms with Crippen molar-refractivity contribution in [2.45, 2.75) is 30.7 Å². The number of carbonyl (C=O) groups excluding carboxylic acids is 1. The maximum absolute atomic E-state index is 10.5. The average Bonchev–Trinajstić information content (AvgIpc) is 2.48. The molecule has 5 atom stereocenters. The Labute approximate surface area is 115 Å². The van der Waals surface area contributed by atoms with E-state index < -0.39 is 37.3 Å². The van der Waals surface area contributed by atoms with Crippen LogP contribution in [0.25, 0.3) is 0 Å². The molecule has 0 amide bonds. The molecule has 1 saturated heterocycles. The fourth-order valence-electron chi connectivity index (χ4n) is 1.92. The van der Waals surface area contributed by atoms with Crippen molar-refractivity contribution < 1.29 is 34.7 Å². The number of aliphatic hydroxyl groups is 4. The van der Waals surface area contributed by atoms with Crippen molar-refractivity contribution in [2.24, 2.45) is 0 Å². The van der Waals surface area contributed by atoms with E-state index >= 15 is 0 Å². The molecular formula is C13H16O7. The van der Waals surface area contributed by atoms with Crippen LogP contribution < -0.4 is 4.74 Å². The van der Waals surface area contributed by atoms with E-state index in [1.54, 1.807) is 0 Å². The second-order valence-corrected chi connectivity index (χ2v) is 4.50. The minimum Gasteiger partial charge on any atom is -0.462 e. The molecule has 0 aliphatic carbocycles. The molecule has 0 radical (unpaired) electrons. The predicted molar refractivity (Wildman–Crippen MR) is 66.2 cm³/mol. The van der Waals surface area contributed by atoms with Gasteiger partial charge in [-0.3, -0.25) is 4.79 Å². The highest BCUT2D eigenvalue weighted by Crippen LogP contribution is 2.24. The molecule has 7 nitrogen and oxygen atoms in total. The molecule has 0 bridgehead atoms. The molecule has 1 heterocycles. The first-order valence-electron chi connectivity index (χ1n) is 6.09. The summed E-state index contributed by atoms with van der Waals surface area (Å²) in [6.45, 7) is -0.519. The summed E-state index contributed by atoms with van der Waals surface area (Å²) in [5.74, 6) is 0.319. The number of carbonyl (C=O) groups is 1. The van der Waals surface area contributed by atoms with Crippen LogP contribution in [0.3, 0.4) is 0 Å². The minimum atomic E-state index is -1.49. The molecule has 2 rings (SSSR count). The van der Waals surface area contributed by atoms with Gasteiger partial charge in [0.05, 0.1) is 6.61 Å². The highest BCUT2D eigenvalue weighted by molar-refractivity contribution is 5.74. The van der Waals surface area contributed by atoms with E-state index in [1.807, 2.05) is 0 Å². The Morgan fingerprint density at radius 3 is 2.30 bits per heavy atom. The summed E-state index contributed by atoms with van der Waals surface area (Å²) >= 11 is 0. The topological polar surface area (TPSA) is 116 Å². The number of benzene rings is 1. The fourth-order valence-corrected chi connectivity index (χ4v) is 1.92. The Hall–Kier alpha value is -1.51. The van der Waals surface area contributed by atoms with Crippen molar-refractivity contribution in [1.29, 1.82) is 0 Å². The van der Waals surface area contributed by atoms with Crippen molar-refractivity contribution >= 4 is 6.29 Å². The van der Waals surface area contributed by atoms with Crippen LogP contribution in [0.5, 0.6) is 5.75 Å². The van der Waals surface area contributed by atoms with Crippen molar-refractivity contribution in [3.63, 3.8) is 0 Å². The third kappa shape index (κ3) is 2.97. The summed E-state index contributed by atoms with van der Waals surface area (Å²) in [6.07, 6.45) is -5.94. The monoisotopic (exact) mass is 284 g/mol. The summed E-state index contributed by atoms with van der Waals surface area (Å²) in [5, 5.41) is 38.1. The smallest absolute Gasteiger partial charge is 0.229 e. The number of rotatable bonds is 4. The molecule has 110 valence electrons. The van der Waals surface area contributed by atoms with Gasteiger partial charge in [-0.15, -0.1) is 0 Å². The molecular weight excluding hydrogens is 268 g/mol. The summed E-state index contributed by atoms with van der Waals surface area (Å²) in [4.78, 5) is 10.5. The molecule has 7 heteroatoms. The summed E-state index contributed by atoms with van der Waals surface area (Å²) < 4.78 is 10.5. The fraction of sp³-hybridized carbons (Fsp3) is 0.462. The number of aldehydes is 1. The summed E-state index contributed by atoms with van der Waals surface area (Å²) in [7, 11) is 0. The second kappa shape index (κ2) is 6.29. The van der Waals surface area contributed by atoms with Gasteiger partial charge in [-0.1, -0.05) is 0 Å². The van der Waals surface area contributed by atoms with Gasteiger partial charge < -0.3 is 29.9 Å². The van der Waals surface area contributed by atoms with Gasteiger partial charge in [0, 0.05) is 5.56 Å². The first-order chi connectivity index (χ1) is 9.56. The molecule has 1 aliphatic heterocycles. The summed E-state index contributed by atoms with van der Waals surface area (Å²) in [6, 6.07) is 6.05. The second-order valence-electron chi connectivity index (χ2n) is 4.50. The normalized spacial score (nSPS) is 33.7. The molecule has 1 aromatic rings. The van der Waals surface area contributed by atoms with Gasteiger partial charge in [-0.05, 0) is 24.3 Å². The molecule has 0 aromatic heterocycles. The van der Waals surface area contributed by atoms with E-state index in [0.29, 0.717) is 17.6 Å². The third-order valence-corrected chi connectivity index (χ3v) is 3.12. The van der Waals surface area contributed by atoms with Gasteiger partial charge in [-0.2, -0.15) is 0 Å². The number of hydrogen-bond acceptors (Lipinski definition) is 7. The van der Waals surface area contributed by atoms with Gasteiger partial charge in [0.2, 0.25) is 6.29 Å². The van der Waals surface area contributed by atoms with E-state index in [2.05, 4.69) is 0 Å². The van der Waals surface area contributed by atoms with Crippen LogP contribution in [0.1, 0.15) is 10.4 Å². The Morgan fingerprint density at radius 2 is 1.75 bits per heavy atom. The summed E-state index contributed by atoms with van der Waals surface area (Å²) in [5.41, 5.74) is 0.464. The Kier molecular flexibility index (Phi) is 4.69. The number of ether oxygens (including phenoxy) is 2. The predicted octanol–water partition coefficient (Wildman–Crippen LogP) is -1.32. The van der Waals surface area contributed by atoms with Crippen molar-refractivity contribution in [3.8, 4) is 5.75 Å². The molecule has 0 spiro atoms. The van der Waals surface area contributed by atoms with Crippen LogP contribution in [-0.4, -0.2) is 64.0 Å². The molecule has 20 heavy (non-hydrogen) atoms. The number of hydrogen-bond donors (Lipinski definition) is 4. The Balaban J connectivity index is 2.08. The quantitative estimate of drug-likeness (QED) is 0.507. The van der Waals surface area contributed by atoms with Crippen LogP contribution in [0, 0.1) is 0 Å². The lowest BCUT2D eigenvalue weighted by Crippen LogP contribution is -2.60. The third-order valence-electron chi connectivity index (χ3n) is 3.12. The van der Waals surface area contributed by atoms with Crippen molar-refractivity contribution in [3.05, 3.63) is 29.8 Å². The molecule has 1 aromatic carbocycles. The largest absolute Gasteiger partial charge is 0.462 e. The van der Waals surface area contributed by atoms with Gasteiger partial charge in [0.25, 0.3) is 0 Å². The highest BCUT2D eigenvalue weighted by atomic mass is 16.7. The highest BCUT2D eigenvalue weighted by Gasteiger charge is 2.44. The zero-order valence-electron chi connectivity index (χ0n) is 10.5. The maximum Gasteiger partial charge on any atom is 0.229 e. The van der Waals surface area contributed by atoms with Gasteiger partial charge in [0.15, 0.2) is 0 Å². The van der Waals surface area contributed by atoms with E-state index in [1.165, 1.54) is 24.3 Å². The molecule has 0 saturated carbocycles. The average molecular weight is 284 g/mol. The lowest BCUT2D eigenvalue weighted by molar-refractivity contribution is -0.277. The first kappa shape index (κ1) is 14.9. The molecule has 1 fully saturated rings. The van der Waals surface area contributed by atoms with E-state index in [-0.39, 0.29) is 0 Å². The molecule has 1 aliphatic rings. The first-order valence-corrected chi connectivity index (χ1v) is 6.09. The Morgan fingerprint density at radius 1 is 1.10 bits per heavy atom. The zero-order valence-corrected chi connectivity index (χ0v) is 10.5. The van der Waals surface area contributed by atoms with Gasteiger partial charge in [0.1, 0.15) is 36.5 Å². The van der Waals surface area contributed by atoms with E-state index in [9.17, 15) is 20.1 Å². The zero-order chi connectivity index (χ0) is 14.7. The van der Waals surface area contributed by atoms with E-state index in [0.717, 1.165) is 0 Å². The molecule has 4 N–H and O–H groups in total. The minimum absolute atomic E-state index is 0.319.